The quantitative estimate of drug-likeness (QED) is 0.644. The average Bonchev–Trinajstić information content (AvgIpc) is 1.86. The zero-order chi connectivity index (χ0) is 9.83. The summed E-state index contributed by atoms with van der Waals surface area (Å²) in [5.74, 6) is 0. The molecule has 0 heterocycles. The van der Waals surface area contributed by atoms with Crippen molar-refractivity contribution in [2.45, 2.75) is 40.0 Å². The first kappa shape index (κ1) is 12.4. The van der Waals surface area contributed by atoms with Gasteiger partial charge in [-0.3, -0.25) is 0 Å². The highest BCUT2D eigenvalue weighted by Crippen LogP contribution is 2.21. The van der Waals surface area contributed by atoms with Crippen molar-refractivity contribution in [3.8, 4) is 0 Å². The Morgan fingerprint density at radius 3 is 1.33 bits per heavy atom. The second-order valence-corrected chi connectivity index (χ2v) is 18.3. The zero-order valence-corrected chi connectivity index (χ0v) is 11.2. The molecule has 0 atom stereocenters. The highest BCUT2D eigenvalue weighted by atomic mass is 29.3. The van der Waals surface area contributed by atoms with Gasteiger partial charge in [0.25, 0.3) is 0 Å². The molecule has 74 valence electrons. The molecule has 0 fully saturated rings. The smallest absolute Gasteiger partial charge is 0.312 e. The molecule has 0 rings (SSSR count). The van der Waals surface area contributed by atoms with Crippen molar-refractivity contribution in [2.24, 2.45) is 0 Å². The summed E-state index contributed by atoms with van der Waals surface area (Å²) in [5, 5.41) is 0. The molecule has 0 amide bonds. The van der Waals surface area contributed by atoms with Gasteiger partial charge in [-0.05, 0) is 20.4 Å². The van der Waals surface area contributed by atoms with Gasteiger partial charge in [0, 0.05) is 13.2 Å². The lowest BCUT2D eigenvalue weighted by Gasteiger charge is -2.36. The van der Waals surface area contributed by atoms with E-state index in [2.05, 4.69) is 26.2 Å². The summed E-state index contributed by atoms with van der Waals surface area (Å²) >= 11 is 0. The Hall–Kier alpha value is 0.354. The lowest BCUT2D eigenvalue weighted by atomic mass is 10.9. The molecule has 0 aromatic heterocycles. The largest absolute Gasteiger partial charge is 0.397 e. The summed E-state index contributed by atoms with van der Waals surface area (Å²) in [6.07, 6.45) is 0. The Morgan fingerprint density at radius 1 is 0.833 bits per heavy atom. The highest BCUT2D eigenvalue weighted by molar-refractivity contribution is 7.35. The maximum Gasteiger partial charge on any atom is 0.312 e. The number of rotatable bonds is 5. The van der Waals surface area contributed by atoms with E-state index in [-0.39, 0.29) is 0 Å². The monoisotopic (exact) mass is 206 g/mol. The van der Waals surface area contributed by atoms with E-state index in [0.717, 1.165) is 13.2 Å². The van der Waals surface area contributed by atoms with Crippen molar-refractivity contribution in [3.05, 3.63) is 0 Å². The van der Waals surface area contributed by atoms with Crippen molar-refractivity contribution in [2.75, 3.05) is 13.2 Å². The third-order valence-corrected chi connectivity index (χ3v) is 15.6. The van der Waals surface area contributed by atoms with Crippen LogP contribution >= 0.6 is 0 Å². The van der Waals surface area contributed by atoms with E-state index in [4.69, 9.17) is 8.85 Å². The minimum atomic E-state index is -1.81. The molecule has 2 nitrogen and oxygen atoms in total. The minimum absolute atomic E-state index is 0.785. The molecular weight excluding hydrogens is 184 g/mol. The van der Waals surface area contributed by atoms with Crippen LogP contribution in [0.5, 0.6) is 0 Å². The van der Waals surface area contributed by atoms with Gasteiger partial charge in [0.15, 0.2) is 0 Å². The summed E-state index contributed by atoms with van der Waals surface area (Å²) < 4.78 is 11.6. The summed E-state index contributed by atoms with van der Waals surface area (Å²) in [6, 6.07) is 0. The van der Waals surface area contributed by atoms with Gasteiger partial charge in [0.05, 0.1) is 0 Å². The average molecular weight is 206 g/mol. The molecule has 0 aliphatic rings. The molecule has 0 aliphatic carbocycles. The van der Waals surface area contributed by atoms with E-state index in [1.54, 1.807) is 0 Å². The van der Waals surface area contributed by atoms with Crippen LogP contribution in [-0.4, -0.2) is 28.9 Å². The van der Waals surface area contributed by atoms with Crippen LogP contribution in [-0.2, 0) is 8.85 Å². The van der Waals surface area contributed by atoms with Crippen LogP contribution in [0.2, 0.25) is 26.2 Å². The van der Waals surface area contributed by atoms with Crippen LogP contribution in [0.3, 0.4) is 0 Å². The fourth-order valence-corrected chi connectivity index (χ4v) is 6.54. The van der Waals surface area contributed by atoms with Gasteiger partial charge in [0.2, 0.25) is 0 Å². The van der Waals surface area contributed by atoms with Crippen molar-refractivity contribution >= 4 is 15.7 Å². The predicted molar refractivity (Wildman–Crippen MR) is 58.2 cm³/mol. The van der Waals surface area contributed by atoms with Gasteiger partial charge in [0.1, 0.15) is 7.59 Å². The maximum atomic E-state index is 5.81. The van der Waals surface area contributed by atoms with Gasteiger partial charge in [-0.25, -0.2) is 0 Å². The molecule has 0 radical (unpaired) electrons. The summed E-state index contributed by atoms with van der Waals surface area (Å²) in [4.78, 5) is 0. The van der Waals surface area contributed by atoms with E-state index >= 15 is 0 Å². The Balaban J connectivity index is 4.38. The molecule has 0 bridgehead atoms. The van der Waals surface area contributed by atoms with E-state index < -0.39 is 15.7 Å². The van der Waals surface area contributed by atoms with E-state index in [9.17, 15) is 0 Å². The second-order valence-electron chi connectivity index (χ2n) is 4.06. The predicted octanol–water partition coefficient (Wildman–Crippen LogP) is 2.55. The van der Waals surface area contributed by atoms with E-state index in [0.29, 0.717) is 0 Å². The zero-order valence-electron chi connectivity index (χ0n) is 9.23. The lowest BCUT2D eigenvalue weighted by Crippen LogP contribution is -2.59. The maximum absolute atomic E-state index is 5.81. The SMILES string of the molecule is CCO[Si](C)(OCC)[Si](C)(C)C. The van der Waals surface area contributed by atoms with Gasteiger partial charge in [-0.2, -0.15) is 0 Å². The molecule has 12 heavy (non-hydrogen) atoms. The van der Waals surface area contributed by atoms with Crippen LogP contribution in [0.4, 0.5) is 0 Å². The third-order valence-electron chi connectivity index (χ3n) is 2.20. The normalized spacial score (nSPS) is 13.5. The number of hydrogen-bond acceptors (Lipinski definition) is 2. The molecule has 0 saturated carbocycles. The lowest BCUT2D eigenvalue weighted by molar-refractivity contribution is 0.206. The van der Waals surface area contributed by atoms with Crippen molar-refractivity contribution in [1.82, 2.24) is 0 Å². The van der Waals surface area contributed by atoms with Crippen molar-refractivity contribution < 1.29 is 8.85 Å². The van der Waals surface area contributed by atoms with Gasteiger partial charge < -0.3 is 8.85 Å². The third kappa shape index (κ3) is 3.01. The van der Waals surface area contributed by atoms with Crippen molar-refractivity contribution in [1.29, 1.82) is 0 Å². The Labute approximate surface area is 78.3 Å². The minimum Gasteiger partial charge on any atom is -0.397 e. The van der Waals surface area contributed by atoms with Crippen molar-refractivity contribution in [3.63, 3.8) is 0 Å². The molecule has 0 aromatic rings. The van der Waals surface area contributed by atoms with Crippen LogP contribution in [0.15, 0.2) is 0 Å². The summed E-state index contributed by atoms with van der Waals surface area (Å²) in [5.41, 5.74) is 0. The van der Waals surface area contributed by atoms with Gasteiger partial charge in [-0.1, -0.05) is 19.6 Å². The molecule has 0 saturated heterocycles. The second kappa shape index (κ2) is 4.55. The fourth-order valence-electron chi connectivity index (χ4n) is 1.03. The molecule has 0 N–H and O–H groups in total. The van der Waals surface area contributed by atoms with E-state index in [1.807, 2.05) is 13.8 Å². The molecular formula is C8H22O2Si2. The highest BCUT2D eigenvalue weighted by Gasteiger charge is 2.45. The Bertz CT molecular complexity index is 126. The Morgan fingerprint density at radius 2 is 1.17 bits per heavy atom. The summed E-state index contributed by atoms with van der Waals surface area (Å²) in [7, 11) is -3.07. The fraction of sp³-hybridized carbons (Fsp3) is 1.00. The van der Waals surface area contributed by atoms with Crippen LogP contribution in [0.25, 0.3) is 0 Å². The first-order chi connectivity index (χ1) is 5.37. The standard InChI is InChI=1S/C8H22O2Si2/c1-7-9-12(6,10-8-2)11(3,4)5/h7-8H2,1-6H3. The van der Waals surface area contributed by atoms with Crippen LogP contribution < -0.4 is 0 Å². The molecule has 0 spiro atoms. The molecule has 0 unspecified atom stereocenters. The van der Waals surface area contributed by atoms with E-state index in [1.165, 1.54) is 0 Å². The van der Waals surface area contributed by atoms with Crippen LogP contribution in [0.1, 0.15) is 13.8 Å². The molecule has 4 heteroatoms. The first-order valence-electron chi connectivity index (χ1n) is 4.65. The number of hydrogen-bond donors (Lipinski definition) is 0. The molecule has 0 aliphatic heterocycles. The summed E-state index contributed by atoms with van der Waals surface area (Å²) in [6.45, 7) is 14.8. The Kier molecular flexibility index (Phi) is 4.69. The first-order valence-corrected chi connectivity index (χ1v) is 11.5. The van der Waals surface area contributed by atoms with Crippen LogP contribution in [0, 0.1) is 0 Å². The topological polar surface area (TPSA) is 18.5 Å². The molecule has 0 aromatic carbocycles. The van der Waals surface area contributed by atoms with Gasteiger partial charge in [-0.15, -0.1) is 0 Å². The van der Waals surface area contributed by atoms with Gasteiger partial charge >= 0.3 is 8.08 Å².